The van der Waals surface area contributed by atoms with Crippen molar-refractivity contribution < 1.29 is 8.42 Å². The Morgan fingerprint density at radius 3 is 2.75 bits per heavy atom. The fourth-order valence-electron chi connectivity index (χ4n) is 3.33. The van der Waals surface area contributed by atoms with Crippen LogP contribution < -0.4 is 4.72 Å². The maximum atomic E-state index is 11.5. The van der Waals surface area contributed by atoms with Crippen molar-refractivity contribution in [1.82, 2.24) is 19.4 Å². The molecule has 7 heteroatoms. The SMILES string of the molecule is Cn1cc(CN2CCCC(NS(C)(=O)=O)C2)c(-c2ccccc2)n1. The van der Waals surface area contributed by atoms with Crippen LogP contribution in [0.1, 0.15) is 18.4 Å². The minimum Gasteiger partial charge on any atom is -0.297 e. The van der Waals surface area contributed by atoms with Crippen LogP contribution in [0.25, 0.3) is 11.3 Å². The number of rotatable bonds is 5. The van der Waals surface area contributed by atoms with Crippen molar-refractivity contribution >= 4 is 10.0 Å². The van der Waals surface area contributed by atoms with Crippen molar-refractivity contribution in [2.75, 3.05) is 19.3 Å². The Labute approximate surface area is 143 Å². The molecular formula is C17H24N4O2S. The standard InChI is InChI=1S/C17H24N4O2S/c1-20-11-15(17(18-20)14-7-4-3-5-8-14)12-21-10-6-9-16(13-21)19-24(2,22)23/h3-5,7-8,11,16,19H,6,9-10,12-13H2,1-2H3. The van der Waals surface area contributed by atoms with Gasteiger partial charge < -0.3 is 0 Å². The fraction of sp³-hybridized carbons (Fsp3) is 0.471. The quantitative estimate of drug-likeness (QED) is 0.891. The van der Waals surface area contributed by atoms with Crippen LogP contribution in [0.15, 0.2) is 36.5 Å². The lowest BCUT2D eigenvalue weighted by molar-refractivity contribution is 0.195. The molecule has 1 aliphatic heterocycles. The second kappa shape index (κ2) is 7.04. The molecule has 1 aliphatic rings. The Morgan fingerprint density at radius 1 is 1.29 bits per heavy atom. The second-order valence-electron chi connectivity index (χ2n) is 6.51. The Morgan fingerprint density at radius 2 is 2.04 bits per heavy atom. The van der Waals surface area contributed by atoms with Crippen LogP contribution in [0.3, 0.4) is 0 Å². The highest BCUT2D eigenvalue weighted by Gasteiger charge is 2.23. The third-order valence-electron chi connectivity index (χ3n) is 4.23. The summed E-state index contributed by atoms with van der Waals surface area (Å²) in [5.41, 5.74) is 3.27. The van der Waals surface area contributed by atoms with E-state index in [9.17, 15) is 8.42 Å². The van der Waals surface area contributed by atoms with E-state index in [4.69, 9.17) is 0 Å². The maximum absolute atomic E-state index is 11.5. The number of aryl methyl sites for hydroxylation is 1. The summed E-state index contributed by atoms with van der Waals surface area (Å²) in [6, 6.07) is 10.1. The number of likely N-dealkylation sites (tertiary alicyclic amines) is 1. The van der Waals surface area contributed by atoms with Crippen LogP contribution in [0, 0.1) is 0 Å². The number of sulfonamides is 1. The molecule has 130 valence electrons. The average Bonchev–Trinajstić information content (AvgIpc) is 2.87. The van der Waals surface area contributed by atoms with Crippen LogP contribution in [0.4, 0.5) is 0 Å². The Hall–Kier alpha value is -1.70. The zero-order valence-corrected chi connectivity index (χ0v) is 15.0. The lowest BCUT2D eigenvalue weighted by atomic mass is 10.0. The second-order valence-corrected chi connectivity index (χ2v) is 8.29. The summed E-state index contributed by atoms with van der Waals surface area (Å²) in [5, 5.41) is 4.60. The number of nitrogens with zero attached hydrogens (tertiary/aromatic N) is 3. The predicted molar refractivity (Wildman–Crippen MR) is 94.9 cm³/mol. The first-order valence-electron chi connectivity index (χ1n) is 8.18. The van der Waals surface area contributed by atoms with Gasteiger partial charge in [-0.1, -0.05) is 30.3 Å². The van der Waals surface area contributed by atoms with Crippen LogP contribution >= 0.6 is 0 Å². The van der Waals surface area contributed by atoms with Gasteiger partial charge in [0.1, 0.15) is 0 Å². The Bertz CT molecular complexity index is 786. The summed E-state index contributed by atoms with van der Waals surface area (Å²) in [7, 11) is -1.23. The molecule has 0 spiro atoms. The van der Waals surface area contributed by atoms with Gasteiger partial charge in [0.05, 0.1) is 11.9 Å². The van der Waals surface area contributed by atoms with Crippen molar-refractivity contribution in [1.29, 1.82) is 0 Å². The highest BCUT2D eigenvalue weighted by molar-refractivity contribution is 7.88. The molecule has 1 atom stereocenters. The van der Waals surface area contributed by atoms with Crippen LogP contribution in [-0.4, -0.2) is 48.5 Å². The molecule has 0 amide bonds. The first kappa shape index (κ1) is 17.1. The zero-order valence-electron chi connectivity index (χ0n) is 14.1. The monoisotopic (exact) mass is 348 g/mol. The van der Waals surface area contributed by atoms with Gasteiger partial charge in [0.25, 0.3) is 0 Å². The molecule has 0 aliphatic carbocycles. The van der Waals surface area contributed by atoms with Crippen molar-refractivity contribution in [2.24, 2.45) is 7.05 Å². The molecule has 1 aromatic carbocycles. The largest absolute Gasteiger partial charge is 0.297 e. The Kier molecular flexibility index (Phi) is 5.03. The van der Waals surface area contributed by atoms with Crippen molar-refractivity contribution in [2.45, 2.75) is 25.4 Å². The number of piperidine rings is 1. The minimum atomic E-state index is -3.16. The minimum absolute atomic E-state index is 0.00871. The third kappa shape index (κ3) is 4.43. The summed E-state index contributed by atoms with van der Waals surface area (Å²) in [6.07, 6.45) is 5.16. The van der Waals surface area contributed by atoms with E-state index in [0.29, 0.717) is 0 Å². The first-order chi connectivity index (χ1) is 11.4. The van der Waals surface area contributed by atoms with Crippen LogP contribution in [-0.2, 0) is 23.6 Å². The summed E-state index contributed by atoms with van der Waals surface area (Å²) in [6.45, 7) is 2.49. The number of hydrogen-bond donors (Lipinski definition) is 1. The molecule has 0 bridgehead atoms. The lowest BCUT2D eigenvalue weighted by Gasteiger charge is -2.32. The average molecular weight is 348 g/mol. The smallest absolute Gasteiger partial charge is 0.208 e. The van der Waals surface area contributed by atoms with Gasteiger partial charge in [0, 0.05) is 43.5 Å². The van der Waals surface area contributed by atoms with Gasteiger partial charge in [-0.15, -0.1) is 0 Å². The Balaban J connectivity index is 1.74. The summed E-state index contributed by atoms with van der Waals surface area (Å²) >= 11 is 0. The topological polar surface area (TPSA) is 67.2 Å². The number of nitrogens with one attached hydrogen (secondary N) is 1. The van der Waals surface area contributed by atoms with E-state index in [1.807, 2.05) is 29.9 Å². The maximum Gasteiger partial charge on any atom is 0.208 e. The molecule has 2 heterocycles. The highest BCUT2D eigenvalue weighted by Crippen LogP contribution is 2.24. The molecule has 0 saturated carbocycles. The fourth-order valence-corrected chi connectivity index (χ4v) is 4.13. The molecule has 6 nitrogen and oxygen atoms in total. The molecule has 0 radical (unpaired) electrons. The summed E-state index contributed by atoms with van der Waals surface area (Å²) in [5.74, 6) is 0. The normalized spacial score (nSPS) is 19.5. The van der Waals surface area contributed by atoms with E-state index in [-0.39, 0.29) is 6.04 Å². The summed E-state index contributed by atoms with van der Waals surface area (Å²) in [4.78, 5) is 2.30. The predicted octanol–water partition coefficient (Wildman–Crippen LogP) is 1.60. The van der Waals surface area contributed by atoms with Crippen LogP contribution in [0.2, 0.25) is 0 Å². The van der Waals surface area contributed by atoms with E-state index in [1.165, 1.54) is 11.8 Å². The molecule has 1 unspecified atom stereocenters. The van der Waals surface area contributed by atoms with Crippen molar-refractivity contribution in [3.05, 3.63) is 42.1 Å². The molecule has 1 N–H and O–H groups in total. The van der Waals surface area contributed by atoms with Gasteiger partial charge in [0.15, 0.2) is 0 Å². The molecule has 1 fully saturated rings. The third-order valence-corrected chi connectivity index (χ3v) is 4.99. The van der Waals surface area contributed by atoms with E-state index in [0.717, 1.165) is 43.7 Å². The van der Waals surface area contributed by atoms with E-state index >= 15 is 0 Å². The van der Waals surface area contributed by atoms with Gasteiger partial charge >= 0.3 is 0 Å². The van der Waals surface area contributed by atoms with Gasteiger partial charge in [-0.25, -0.2) is 13.1 Å². The zero-order chi connectivity index (χ0) is 17.2. The molecular weight excluding hydrogens is 324 g/mol. The van der Waals surface area contributed by atoms with Gasteiger partial charge in [-0.2, -0.15) is 5.10 Å². The van der Waals surface area contributed by atoms with E-state index in [1.54, 1.807) is 0 Å². The number of hydrogen-bond acceptors (Lipinski definition) is 4. The molecule has 24 heavy (non-hydrogen) atoms. The van der Waals surface area contributed by atoms with Gasteiger partial charge in [-0.05, 0) is 19.4 Å². The van der Waals surface area contributed by atoms with Gasteiger partial charge in [-0.3, -0.25) is 9.58 Å². The number of aromatic nitrogens is 2. The van der Waals surface area contributed by atoms with Crippen LogP contribution in [0.5, 0.6) is 0 Å². The van der Waals surface area contributed by atoms with Gasteiger partial charge in [0.2, 0.25) is 10.0 Å². The van der Waals surface area contributed by atoms with Crippen molar-refractivity contribution in [3.8, 4) is 11.3 Å². The molecule has 3 rings (SSSR count). The molecule has 1 aromatic heterocycles. The van der Waals surface area contributed by atoms with Crippen molar-refractivity contribution in [3.63, 3.8) is 0 Å². The number of benzene rings is 1. The first-order valence-corrected chi connectivity index (χ1v) is 10.1. The van der Waals surface area contributed by atoms with E-state index in [2.05, 4.69) is 33.1 Å². The van der Waals surface area contributed by atoms with E-state index < -0.39 is 10.0 Å². The molecule has 1 saturated heterocycles. The summed E-state index contributed by atoms with van der Waals surface area (Å²) < 4.78 is 27.5. The molecule has 2 aromatic rings. The highest BCUT2D eigenvalue weighted by atomic mass is 32.2. The lowest BCUT2D eigenvalue weighted by Crippen LogP contribution is -2.47.